The van der Waals surface area contributed by atoms with Crippen LogP contribution in [0.25, 0.3) is 0 Å². The van der Waals surface area contributed by atoms with Crippen molar-refractivity contribution >= 4 is 5.91 Å². The number of ether oxygens (including phenoxy) is 1. The highest BCUT2D eigenvalue weighted by molar-refractivity contribution is 5.93. The van der Waals surface area contributed by atoms with E-state index in [1.807, 2.05) is 0 Å². The van der Waals surface area contributed by atoms with Gasteiger partial charge in [-0.2, -0.15) is 0 Å². The lowest BCUT2D eigenvalue weighted by molar-refractivity contribution is 0.0415. The Kier molecular flexibility index (Phi) is 6.18. The lowest BCUT2D eigenvalue weighted by atomic mass is 9.98. The summed E-state index contributed by atoms with van der Waals surface area (Å²) >= 11 is 0. The Morgan fingerprint density at radius 2 is 1.70 bits per heavy atom. The summed E-state index contributed by atoms with van der Waals surface area (Å²) in [6.45, 7) is 3.15. The van der Waals surface area contributed by atoms with Gasteiger partial charge in [0.1, 0.15) is 11.7 Å². The Morgan fingerprint density at radius 3 is 2.40 bits per heavy atom. The SMILES string of the molecule is Cn1cccc(C(=O)N2CCC(N3CCC(Oc4ccccc4F)CC3)CC2)c1=O. The molecule has 0 radical (unpaired) electrons. The highest BCUT2D eigenvalue weighted by Crippen LogP contribution is 2.25. The summed E-state index contributed by atoms with van der Waals surface area (Å²) in [6.07, 6.45) is 5.23. The predicted molar refractivity (Wildman–Crippen MR) is 112 cm³/mol. The lowest BCUT2D eigenvalue weighted by Crippen LogP contribution is -2.50. The van der Waals surface area contributed by atoms with Gasteiger partial charge in [0, 0.05) is 45.5 Å². The zero-order chi connectivity index (χ0) is 21.1. The Balaban J connectivity index is 1.27. The van der Waals surface area contributed by atoms with Gasteiger partial charge in [0.15, 0.2) is 11.6 Å². The second-order valence-corrected chi connectivity index (χ2v) is 8.14. The van der Waals surface area contributed by atoms with Crippen molar-refractivity contribution < 1.29 is 13.9 Å². The molecule has 1 aromatic heterocycles. The first-order valence-electron chi connectivity index (χ1n) is 10.6. The number of hydrogen-bond acceptors (Lipinski definition) is 4. The van der Waals surface area contributed by atoms with E-state index in [9.17, 15) is 14.0 Å². The highest BCUT2D eigenvalue weighted by atomic mass is 19.1. The van der Waals surface area contributed by atoms with E-state index < -0.39 is 0 Å². The van der Waals surface area contributed by atoms with E-state index in [1.54, 1.807) is 48.5 Å². The maximum atomic E-state index is 13.8. The summed E-state index contributed by atoms with van der Waals surface area (Å²) in [5.74, 6) is -0.160. The molecule has 30 heavy (non-hydrogen) atoms. The molecule has 0 saturated carbocycles. The molecule has 1 amide bonds. The molecule has 1 aromatic carbocycles. The van der Waals surface area contributed by atoms with E-state index in [2.05, 4.69) is 4.90 Å². The summed E-state index contributed by atoms with van der Waals surface area (Å²) in [7, 11) is 1.66. The van der Waals surface area contributed by atoms with Gasteiger partial charge in [-0.25, -0.2) is 4.39 Å². The average Bonchev–Trinajstić information content (AvgIpc) is 2.77. The van der Waals surface area contributed by atoms with Gasteiger partial charge < -0.3 is 14.2 Å². The number of amides is 1. The number of likely N-dealkylation sites (tertiary alicyclic amines) is 2. The molecule has 2 fully saturated rings. The number of rotatable bonds is 4. The van der Waals surface area contributed by atoms with Gasteiger partial charge in [0.2, 0.25) is 0 Å². The summed E-state index contributed by atoms with van der Waals surface area (Å²) < 4.78 is 21.1. The molecule has 2 saturated heterocycles. The second-order valence-electron chi connectivity index (χ2n) is 8.14. The fourth-order valence-electron chi connectivity index (χ4n) is 4.44. The molecule has 6 nitrogen and oxygen atoms in total. The van der Waals surface area contributed by atoms with E-state index in [1.165, 1.54) is 10.6 Å². The van der Waals surface area contributed by atoms with E-state index in [-0.39, 0.29) is 29.0 Å². The number of carbonyl (C=O) groups is 1. The van der Waals surface area contributed by atoms with E-state index in [0.717, 1.165) is 38.8 Å². The maximum Gasteiger partial charge on any atom is 0.263 e. The molecule has 0 spiro atoms. The molecule has 2 aliphatic rings. The zero-order valence-corrected chi connectivity index (χ0v) is 17.3. The number of hydrogen-bond donors (Lipinski definition) is 0. The van der Waals surface area contributed by atoms with Crippen molar-refractivity contribution in [3.8, 4) is 5.75 Å². The van der Waals surface area contributed by atoms with Crippen LogP contribution in [0.2, 0.25) is 0 Å². The minimum absolute atomic E-state index is 0.0362. The van der Waals surface area contributed by atoms with Gasteiger partial charge >= 0.3 is 0 Å². The van der Waals surface area contributed by atoms with E-state index in [0.29, 0.717) is 24.9 Å². The summed E-state index contributed by atoms with van der Waals surface area (Å²) in [6, 6.07) is 10.3. The molecule has 0 N–H and O–H groups in total. The Hall–Kier alpha value is -2.67. The van der Waals surface area contributed by atoms with Crippen LogP contribution in [0.3, 0.4) is 0 Å². The topological polar surface area (TPSA) is 54.8 Å². The van der Waals surface area contributed by atoms with Crippen molar-refractivity contribution in [1.82, 2.24) is 14.4 Å². The van der Waals surface area contributed by atoms with Gasteiger partial charge in [-0.15, -0.1) is 0 Å². The molecule has 3 heterocycles. The first kappa shape index (κ1) is 20.6. The van der Waals surface area contributed by atoms with Crippen LogP contribution in [0.4, 0.5) is 4.39 Å². The molecule has 2 aromatic rings. The molecule has 7 heteroatoms. The summed E-state index contributed by atoms with van der Waals surface area (Å²) in [4.78, 5) is 29.2. The number of halogens is 1. The quantitative estimate of drug-likeness (QED) is 0.773. The third-order valence-corrected chi connectivity index (χ3v) is 6.23. The molecule has 2 aliphatic heterocycles. The largest absolute Gasteiger partial charge is 0.487 e. The normalized spacial score (nSPS) is 19.1. The van der Waals surface area contributed by atoms with Crippen molar-refractivity contribution in [2.24, 2.45) is 7.05 Å². The maximum absolute atomic E-state index is 13.8. The molecule has 4 rings (SSSR count). The summed E-state index contributed by atoms with van der Waals surface area (Å²) in [5, 5.41) is 0. The fraction of sp³-hybridized carbons (Fsp3) is 0.478. The minimum atomic E-state index is -0.315. The van der Waals surface area contributed by atoms with Crippen LogP contribution in [0.1, 0.15) is 36.0 Å². The second kappa shape index (κ2) is 9.00. The number of aryl methyl sites for hydroxylation is 1. The monoisotopic (exact) mass is 413 g/mol. The van der Waals surface area contributed by atoms with Crippen LogP contribution in [0.5, 0.6) is 5.75 Å². The van der Waals surface area contributed by atoms with Crippen LogP contribution in [0.15, 0.2) is 47.4 Å². The third-order valence-electron chi connectivity index (χ3n) is 6.23. The van der Waals surface area contributed by atoms with Gasteiger partial charge in [-0.1, -0.05) is 12.1 Å². The molecular formula is C23H28FN3O3. The number of piperidine rings is 2. The van der Waals surface area contributed by atoms with Crippen molar-refractivity contribution in [1.29, 1.82) is 0 Å². The number of carbonyl (C=O) groups excluding carboxylic acids is 1. The Bertz CT molecular complexity index is 945. The van der Waals surface area contributed by atoms with Gasteiger partial charge in [-0.3, -0.25) is 14.5 Å². The first-order chi connectivity index (χ1) is 14.5. The third kappa shape index (κ3) is 4.41. The van der Waals surface area contributed by atoms with E-state index in [4.69, 9.17) is 4.74 Å². The molecule has 0 unspecified atom stereocenters. The van der Waals surface area contributed by atoms with Crippen molar-refractivity contribution in [3.05, 3.63) is 64.3 Å². The Labute approximate surface area is 175 Å². The fourth-order valence-corrected chi connectivity index (χ4v) is 4.44. The van der Waals surface area contributed by atoms with Crippen LogP contribution >= 0.6 is 0 Å². The van der Waals surface area contributed by atoms with Crippen molar-refractivity contribution in [2.45, 2.75) is 37.8 Å². The molecule has 0 bridgehead atoms. The predicted octanol–water partition coefficient (Wildman–Crippen LogP) is 2.67. The summed E-state index contributed by atoms with van der Waals surface area (Å²) in [5.41, 5.74) is -0.00824. The average molecular weight is 413 g/mol. The molecular weight excluding hydrogens is 385 g/mol. The van der Waals surface area contributed by atoms with Crippen molar-refractivity contribution in [2.75, 3.05) is 26.2 Å². The lowest BCUT2D eigenvalue weighted by Gasteiger charge is -2.41. The molecule has 160 valence electrons. The standard InChI is InChI=1S/C23H28FN3O3/c1-25-12-4-5-19(22(25)28)23(29)27-13-8-17(9-14-27)26-15-10-18(11-16-26)30-21-7-3-2-6-20(21)24/h2-7,12,17-18H,8-11,13-16H2,1H3. The number of benzene rings is 1. The number of aromatic nitrogens is 1. The number of para-hydroxylation sites is 1. The smallest absolute Gasteiger partial charge is 0.263 e. The van der Waals surface area contributed by atoms with Crippen LogP contribution in [0, 0.1) is 5.82 Å². The van der Waals surface area contributed by atoms with Crippen molar-refractivity contribution in [3.63, 3.8) is 0 Å². The number of nitrogens with zero attached hydrogens (tertiary/aromatic N) is 3. The van der Waals surface area contributed by atoms with Gasteiger partial charge in [-0.05, 0) is 49.9 Å². The highest BCUT2D eigenvalue weighted by Gasteiger charge is 2.31. The molecule has 0 atom stereocenters. The van der Waals surface area contributed by atoms with Gasteiger partial charge in [0.25, 0.3) is 11.5 Å². The number of pyridine rings is 1. The van der Waals surface area contributed by atoms with E-state index >= 15 is 0 Å². The zero-order valence-electron chi connectivity index (χ0n) is 17.3. The first-order valence-corrected chi connectivity index (χ1v) is 10.6. The molecule has 0 aliphatic carbocycles. The van der Waals surface area contributed by atoms with Crippen LogP contribution in [-0.4, -0.2) is 58.6 Å². The minimum Gasteiger partial charge on any atom is -0.487 e. The van der Waals surface area contributed by atoms with Crippen LogP contribution in [-0.2, 0) is 7.05 Å². The van der Waals surface area contributed by atoms with Crippen LogP contribution < -0.4 is 10.3 Å². The Morgan fingerprint density at radius 1 is 1.00 bits per heavy atom. The van der Waals surface area contributed by atoms with Gasteiger partial charge in [0.05, 0.1) is 0 Å².